The monoisotopic (exact) mass is 865 g/mol. The van der Waals surface area contributed by atoms with E-state index in [1.807, 2.05) is 12.2 Å². The second-order valence-electron chi connectivity index (χ2n) is 15.1. The number of unbranched alkanes of at least 4 members (excludes halogenated alkanes) is 4. The molecule has 2 aliphatic rings. The van der Waals surface area contributed by atoms with E-state index in [1.54, 1.807) is 0 Å². The van der Waals surface area contributed by atoms with Crippen LogP contribution >= 0.6 is 0 Å². The lowest BCUT2D eigenvalue weighted by molar-refractivity contribution is -0.332. The van der Waals surface area contributed by atoms with Gasteiger partial charge in [0.2, 0.25) is 0 Å². The van der Waals surface area contributed by atoms with Gasteiger partial charge in [0, 0.05) is 13.0 Å². The highest BCUT2D eigenvalue weighted by Crippen LogP contribution is 2.26. The Morgan fingerprint density at radius 1 is 0.541 bits per heavy atom. The minimum atomic E-state index is -1.73. The van der Waals surface area contributed by atoms with E-state index in [4.69, 9.17) is 28.4 Å². The van der Waals surface area contributed by atoms with Crippen molar-refractivity contribution < 1.29 is 69.0 Å². The number of esters is 1. The van der Waals surface area contributed by atoms with Crippen LogP contribution in [-0.2, 0) is 33.2 Å². The Morgan fingerprint density at radius 3 is 1.57 bits per heavy atom. The maximum Gasteiger partial charge on any atom is 0.306 e. The first kappa shape index (κ1) is 54.3. The molecule has 0 aromatic rings. The molecule has 61 heavy (non-hydrogen) atoms. The molecule has 14 heteroatoms. The summed E-state index contributed by atoms with van der Waals surface area (Å²) in [5, 5.41) is 71.8. The average molecular weight is 865 g/mol. The Hall–Kier alpha value is -2.83. The van der Waals surface area contributed by atoms with E-state index in [-0.39, 0.29) is 19.6 Å². The highest BCUT2D eigenvalue weighted by Gasteiger charge is 2.47. The summed E-state index contributed by atoms with van der Waals surface area (Å²) >= 11 is 0. The molecular formula is C47H76O14. The van der Waals surface area contributed by atoms with Gasteiger partial charge in [-0.2, -0.15) is 0 Å². The van der Waals surface area contributed by atoms with Crippen molar-refractivity contribution in [3.63, 3.8) is 0 Å². The summed E-state index contributed by atoms with van der Waals surface area (Å²) in [6, 6.07) is 0. The summed E-state index contributed by atoms with van der Waals surface area (Å²) in [5.74, 6) is -0.470. The second-order valence-corrected chi connectivity index (χ2v) is 15.1. The van der Waals surface area contributed by atoms with Gasteiger partial charge in [0.05, 0.1) is 26.4 Å². The number of aliphatic hydroxyl groups excluding tert-OH is 7. The van der Waals surface area contributed by atoms with Crippen molar-refractivity contribution in [3.05, 3.63) is 85.1 Å². The lowest BCUT2D eigenvalue weighted by atomic mass is 9.98. The number of hydrogen-bond donors (Lipinski definition) is 7. The van der Waals surface area contributed by atoms with Gasteiger partial charge in [-0.15, -0.1) is 0 Å². The Labute approximate surface area is 363 Å². The SMILES string of the molecule is CC/C=C\C/C=C\C/C=C\C/C=C\CCC(=O)OC(COCCCCCC/C=C\C/C=C\C/C=C\CC)COC1OC(COC2OC(CO)C(O)C(O)C2O)C(O)C(O)C1O. The molecule has 2 saturated heterocycles. The van der Waals surface area contributed by atoms with Crippen LogP contribution < -0.4 is 0 Å². The normalized spacial score (nSPS) is 28.3. The third-order valence-corrected chi connectivity index (χ3v) is 9.91. The summed E-state index contributed by atoms with van der Waals surface area (Å²) in [6.45, 7) is 3.25. The third-order valence-electron chi connectivity index (χ3n) is 9.91. The maximum atomic E-state index is 12.9. The first-order valence-corrected chi connectivity index (χ1v) is 22.2. The number of carbonyl (C=O) groups is 1. The second kappa shape index (κ2) is 34.6. The van der Waals surface area contributed by atoms with Crippen molar-refractivity contribution in [3.8, 4) is 0 Å². The van der Waals surface area contributed by atoms with Crippen LogP contribution in [0.4, 0.5) is 0 Å². The zero-order valence-electron chi connectivity index (χ0n) is 36.4. The van der Waals surface area contributed by atoms with Gasteiger partial charge in [-0.05, 0) is 70.6 Å². The number of hydrogen-bond acceptors (Lipinski definition) is 14. The summed E-state index contributed by atoms with van der Waals surface area (Å²) in [6.07, 6.45) is 25.3. The molecule has 2 fully saturated rings. The lowest BCUT2D eigenvalue weighted by Crippen LogP contribution is -2.61. The van der Waals surface area contributed by atoms with Crippen molar-refractivity contribution >= 4 is 5.97 Å². The first-order chi connectivity index (χ1) is 29.6. The number of ether oxygens (including phenoxy) is 6. The fourth-order valence-electron chi connectivity index (χ4n) is 6.31. The number of rotatable bonds is 32. The van der Waals surface area contributed by atoms with Crippen molar-refractivity contribution in [2.45, 2.75) is 171 Å². The van der Waals surface area contributed by atoms with Crippen LogP contribution in [0.2, 0.25) is 0 Å². The molecule has 14 nitrogen and oxygen atoms in total. The Morgan fingerprint density at radius 2 is 1.02 bits per heavy atom. The van der Waals surface area contributed by atoms with E-state index in [0.717, 1.165) is 77.0 Å². The number of allylic oxidation sites excluding steroid dienone is 14. The van der Waals surface area contributed by atoms with Gasteiger partial charge in [-0.25, -0.2) is 0 Å². The Balaban J connectivity index is 1.87. The fourth-order valence-corrected chi connectivity index (χ4v) is 6.31. The fraction of sp³-hybridized carbons (Fsp3) is 0.681. The molecule has 0 bridgehead atoms. The molecule has 2 rings (SSSR count). The van der Waals surface area contributed by atoms with E-state index < -0.39 is 86.7 Å². The lowest BCUT2D eigenvalue weighted by Gasteiger charge is -2.42. The Bertz CT molecular complexity index is 1330. The molecular weight excluding hydrogens is 789 g/mol. The van der Waals surface area contributed by atoms with Gasteiger partial charge in [0.1, 0.15) is 54.9 Å². The van der Waals surface area contributed by atoms with Crippen molar-refractivity contribution in [1.29, 1.82) is 0 Å². The molecule has 0 aromatic carbocycles. The summed E-state index contributed by atoms with van der Waals surface area (Å²) < 4.78 is 34.0. The van der Waals surface area contributed by atoms with Crippen molar-refractivity contribution in [2.75, 3.05) is 33.0 Å². The predicted molar refractivity (Wildman–Crippen MR) is 233 cm³/mol. The van der Waals surface area contributed by atoms with Crippen LogP contribution in [0.1, 0.15) is 104 Å². The quantitative estimate of drug-likeness (QED) is 0.0271. The molecule has 2 heterocycles. The molecule has 0 saturated carbocycles. The number of carbonyl (C=O) groups excluding carboxylic acids is 1. The minimum Gasteiger partial charge on any atom is -0.457 e. The maximum absolute atomic E-state index is 12.9. The standard InChI is InChI=1S/C47H76O14/c1-3-5-7-9-11-13-15-17-19-21-23-25-27-29-31-56-33-36(59-39(49)30-28-26-24-22-20-18-16-14-12-10-8-6-4-2)34-57-46-45(55)43(53)41(51)38(61-46)35-58-47-44(54)42(52)40(50)37(32-48)60-47/h5-8,11-14,17-20,24,26,36-38,40-48,50-55H,3-4,9-10,15-16,21-23,25,27-35H2,1-2H3/b7-5-,8-6-,13-11-,14-12-,19-17-,20-18-,26-24-. The van der Waals surface area contributed by atoms with Crippen LogP contribution in [0.5, 0.6) is 0 Å². The zero-order chi connectivity index (χ0) is 44.5. The van der Waals surface area contributed by atoms with E-state index in [2.05, 4.69) is 86.8 Å². The molecule has 0 spiro atoms. The van der Waals surface area contributed by atoms with E-state index >= 15 is 0 Å². The molecule has 0 radical (unpaired) electrons. The van der Waals surface area contributed by atoms with Crippen LogP contribution in [0.3, 0.4) is 0 Å². The highest BCUT2D eigenvalue weighted by molar-refractivity contribution is 5.69. The largest absolute Gasteiger partial charge is 0.457 e. The zero-order valence-corrected chi connectivity index (χ0v) is 36.4. The van der Waals surface area contributed by atoms with E-state index in [1.165, 1.54) is 0 Å². The molecule has 348 valence electrons. The van der Waals surface area contributed by atoms with Gasteiger partial charge in [-0.1, -0.05) is 112 Å². The molecule has 11 atom stereocenters. The molecule has 0 aromatic heterocycles. The van der Waals surface area contributed by atoms with Gasteiger partial charge in [-0.3, -0.25) is 4.79 Å². The van der Waals surface area contributed by atoms with Crippen LogP contribution in [-0.4, -0.2) is 142 Å². The van der Waals surface area contributed by atoms with Crippen molar-refractivity contribution in [2.24, 2.45) is 0 Å². The summed E-state index contributed by atoms with van der Waals surface area (Å²) in [5.41, 5.74) is 0. The summed E-state index contributed by atoms with van der Waals surface area (Å²) in [7, 11) is 0. The molecule has 0 amide bonds. The van der Waals surface area contributed by atoms with Gasteiger partial charge >= 0.3 is 5.97 Å². The minimum absolute atomic E-state index is 0.0118. The summed E-state index contributed by atoms with van der Waals surface area (Å²) in [4.78, 5) is 12.9. The number of aliphatic hydroxyl groups is 7. The van der Waals surface area contributed by atoms with Crippen molar-refractivity contribution in [1.82, 2.24) is 0 Å². The van der Waals surface area contributed by atoms with Crippen LogP contribution in [0.15, 0.2) is 85.1 Å². The highest BCUT2D eigenvalue weighted by atomic mass is 16.7. The first-order valence-electron chi connectivity index (χ1n) is 22.2. The molecule has 11 unspecified atom stereocenters. The molecule has 2 aliphatic heterocycles. The van der Waals surface area contributed by atoms with E-state index in [0.29, 0.717) is 13.0 Å². The average Bonchev–Trinajstić information content (AvgIpc) is 3.25. The molecule has 0 aliphatic carbocycles. The van der Waals surface area contributed by atoms with Gasteiger partial charge in [0.25, 0.3) is 0 Å². The third kappa shape index (κ3) is 23.4. The van der Waals surface area contributed by atoms with Crippen LogP contribution in [0.25, 0.3) is 0 Å². The molecule has 7 N–H and O–H groups in total. The van der Waals surface area contributed by atoms with Crippen LogP contribution in [0, 0.1) is 0 Å². The smallest absolute Gasteiger partial charge is 0.306 e. The van der Waals surface area contributed by atoms with E-state index in [9.17, 15) is 40.5 Å². The van der Waals surface area contributed by atoms with Gasteiger partial charge in [0.15, 0.2) is 12.6 Å². The Kier molecular flexibility index (Phi) is 30.8. The predicted octanol–water partition coefficient (Wildman–Crippen LogP) is 4.95. The topological polar surface area (TPSA) is 214 Å². The van der Waals surface area contributed by atoms with Gasteiger partial charge < -0.3 is 64.2 Å².